The first-order chi connectivity index (χ1) is 7.15. The second-order valence-corrected chi connectivity index (χ2v) is 4.86. The molecule has 0 aromatic carbocycles. The number of rotatable bonds is 3. The number of thioether (sulfide) groups is 1. The molecule has 0 unspecified atom stereocenters. The minimum atomic E-state index is -0.681. The third kappa shape index (κ3) is 2.39. The maximum atomic E-state index is 10.7. The van der Waals surface area contributed by atoms with Crippen molar-refractivity contribution in [3.8, 4) is 0 Å². The summed E-state index contributed by atoms with van der Waals surface area (Å²) in [7, 11) is 0. The predicted octanol–water partition coefficient (Wildman–Crippen LogP) is 1.27. The SMILES string of the molecule is Cc1oc(=O)oc1CSc1nnc(N)s1. The number of anilines is 1. The van der Waals surface area contributed by atoms with E-state index in [-0.39, 0.29) is 0 Å². The lowest BCUT2D eigenvalue weighted by Crippen LogP contribution is -1.86. The zero-order valence-electron chi connectivity index (χ0n) is 7.72. The zero-order chi connectivity index (χ0) is 10.8. The van der Waals surface area contributed by atoms with Crippen molar-refractivity contribution in [1.82, 2.24) is 10.2 Å². The predicted molar refractivity (Wildman–Crippen MR) is 55.9 cm³/mol. The minimum absolute atomic E-state index is 0.419. The minimum Gasteiger partial charge on any atom is -0.396 e. The Balaban J connectivity index is 2.04. The summed E-state index contributed by atoms with van der Waals surface area (Å²) < 4.78 is 10.3. The van der Waals surface area contributed by atoms with E-state index >= 15 is 0 Å². The Morgan fingerprint density at radius 1 is 1.47 bits per heavy atom. The van der Waals surface area contributed by atoms with Crippen LogP contribution in [0.2, 0.25) is 0 Å². The Morgan fingerprint density at radius 3 is 2.80 bits per heavy atom. The first-order valence-electron chi connectivity index (χ1n) is 3.96. The Kier molecular flexibility index (Phi) is 2.78. The number of hydrogen-bond acceptors (Lipinski definition) is 8. The molecule has 15 heavy (non-hydrogen) atoms. The Hall–Kier alpha value is -1.28. The second-order valence-electron chi connectivity index (χ2n) is 2.63. The van der Waals surface area contributed by atoms with Gasteiger partial charge in [-0.25, -0.2) is 4.79 Å². The van der Waals surface area contributed by atoms with Crippen LogP contribution in [-0.2, 0) is 5.75 Å². The van der Waals surface area contributed by atoms with Gasteiger partial charge in [-0.15, -0.1) is 10.2 Å². The van der Waals surface area contributed by atoms with Crippen LogP contribution in [0.3, 0.4) is 0 Å². The van der Waals surface area contributed by atoms with E-state index in [1.165, 1.54) is 23.1 Å². The first-order valence-corrected chi connectivity index (χ1v) is 5.76. The van der Waals surface area contributed by atoms with Gasteiger partial charge in [0.15, 0.2) is 10.1 Å². The monoisotopic (exact) mass is 245 g/mol. The van der Waals surface area contributed by atoms with Gasteiger partial charge in [-0.1, -0.05) is 23.1 Å². The molecule has 0 aliphatic heterocycles. The molecule has 0 spiro atoms. The maximum absolute atomic E-state index is 10.7. The highest BCUT2D eigenvalue weighted by Gasteiger charge is 2.10. The van der Waals surface area contributed by atoms with Crippen LogP contribution in [0.5, 0.6) is 0 Å². The van der Waals surface area contributed by atoms with Crippen molar-refractivity contribution in [1.29, 1.82) is 0 Å². The summed E-state index contributed by atoms with van der Waals surface area (Å²) in [5, 5.41) is 7.91. The molecule has 80 valence electrons. The lowest BCUT2D eigenvalue weighted by Gasteiger charge is -1.91. The van der Waals surface area contributed by atoms with Crippen molar-refractivity contribution < 1.29 is 8.83 Å². The summed E-state index contributed by atoms with van der Waals surface area (Å²) in [6.07, 6.45) is 0. The smallest absolute Gasteiger partial charge is 0.396 e. The lowest BCUT2D eigenvalue weighted by molar-refractivity contribution is 0.372. The Labute approximate surface area is 92.5 Å². The molecule has 2 N–H and O–H groups in total. The van der Waals surface area contributed by atoms with E-state index in [0.29, 0.717) is 22.4 Å². The Bertz CT molecular complexity index is 516. The molecule has 0 aliphatic rings. The van der Waals surface area contributed by atoms with Crippen molar-refractivity contribution in [2.75, 3.05) is 5.73 Å². The van der Waals surface area contributed by atoms with E-state index in [1.54, 1.807) is 6.92 Å². The topological polar surface area (TPSA) is 95.1 Å². The molecular formula is C7H7N3O3S2. The van der Waals surface area contributed by atoms with Crippen molar-refractivity contribution in [3.05, 3.63) is 22.1 Å². The highest BCUT2D eigenvalue weighted by atomic mass is 32.2. The second kappa shape index (κ2) is 4.07. The fourth-order valence-corrected chi connectivity index (χ4v) is 2.54. The Morgan fingerprint density at radius 2 is 2.27 bits per heavy atom. The highest BCUT2D eigenvalue weighted by Crippen LogP contribution is 2.27. The first kappa shape index (κ1) is 10.2. The van der Waals surface area contributed by atoms with Crippen molar-refractivity contribution >= 4 is 28.2 Å². The largest absolute Gasteiger partial charge is 0.519 e. The maximum Gasteiger partial charge on any atom is 0.519 e. The number of hydrogen-bond donors (Lipinski definition) is 1. The van der Waals surface area contributed by atoms with Gasteiger partial charge in [0.05, 0.1) is 5.75 Å². The summed E-state index contributed by atoms with van der Waals surface area (Å²) in [5.41, 5.74) is 5.42. The number of nitrogen functional groups attached to an aromatic ring is 1. The third-order valence-electron chi connectivity index (χ3n) is 1.58. The van der Waals surface area contributed by atoms with E-state index in [2.05, 4.69) is 10.2 Å². The third-order valence-corrected chi connectivity index (χ3v) is 3.47. The molecule has 0 saturated carbocycles. The van der Waals surface area contributed by atoms with E-state index < -0.39 is 5.82 Å². The molecule has 0 atom stereocenters. The summed E-state index contributed by atoms with van der Waals surface area (Å²) in [6, 6.07) is 0. The van der Waals surface area contributed by atoms with Crippen molar-refractivity contribution in [3.63, 3.8) is 0 Å². The molecule has 0 bridgehead atoms. The van der Waals surface area contributed by atoms with E-state index in [9.17, 15) is 4.79 Å². The van der Waals surface area contributed by atoms with Crippen molar-refractivity contribution in [2.45, 2.75) is 17.0 Å². The molecule has 2 heterocycles. The normalized spacial score (nSPS) is 10.7. The van der Waals surface area contributed by atoms with Gasteiger partial charge >= 0.3 is 5.82 Å². The van der Waals surface area contributed by atoms with Crippen LogP contribution in [0.4, 0.5) is 5.13 Å². The molecular weight excluding hydrogens is 238 g/mol. The molecule has 0 fully saturated rings. The molecule has 2 aromatic rings. The van der Waals surface area contributed by atoms with E-state index in [1.807, 2.05) is 0 Å². The molecule has 2 rings (SSSR count). The highest BCUT2D eigenvalue weighted by molar-refractivity contribution is 8.00. The van der Waals surface area contributed by atoms with Crippen molar-refractivity contribution in [2.24, 2.45) is 0 Å². The van der Waals surface area contributed by atoms with Gasteiger partial charge in [0.2, 0.25) is 5.13 Å². The van der Waals surface area contributed by atoms with Gasteiger partial charge < -0.3 is 14.6 Å². The zero-order valence-corrected chi connectivity index (χ0v) is 9.35. The average Bonchev–Trinajstić information content (AvgIpc) is 2.70. The number of nitrogens with zero attached hydrogens (tertiary/aromatic N) is 2. The van der Waals surface area contributed by atoms with Crippen LogP contribution in [0, 0.1) is 6.92 Å². The molecule has 0 aliphatic carbocycles. The van der Waals surface area contributed by atoms with Crippen LogP contribution in [0.15, 0.2) is 18.0 Å². The number of aromatic nitrogens is 2. The molecule has 2 aromatic heterocycles. The fourth-order valence-electron chi connectivity index (χ4n) is 0.912. The quantitative estimate of drug-likeness (QED) is 0.813. The van der Waals surface area contributed by atoms with Gasteiger partial charge in [0.1, 0.15) is 5.76 Å². The average molecular weight is 245 g/mol. The van der Waals surface area contributed by atoms with Crippen LogP contribution < -0.4 is 11.6 Å². The molecule has 6 nitrogen and oxygen atoms in total. The van der Waals surface area contributed by atoms with Gasteiger partial charge in [-0.05, 0) is 6.92 Å². The van der Waals surface area contributed by atoms with Crippen LogP contribution in [-0.4, -0.2) is 10.2 Å². The number of nitrogens with two attached hydrogens (primary N) is 1. The van der Waals surface area contributed by atoms with Gasteiger partial charge in [0, 0.05) is 0 Å². The van der Waals surface area contributed by atoms with Gasteiger partial charge in [-0.3, -0.25) is 0 Å². The summed E-state index contributed by atoms with van der Waals surface area (Å²) in [4.78, 5) is 10.7. The van der Waals surface area contributed by atoms with Crippen LogP contribution in [0.1, 0.15) is 11.5 Å². The number of aryl methyl sites for hydroxylation is 1. The summed E-state index contributed by atoms with van der Waals surface area (Å²) in [5.74, 6) is 0.801. The van der Waals surface area contributed by atoms with E-state index in [4.69, 9.17) is 14.6 Å². The molecule has 8 heteroatoms. The van der Waals surface area contributed by atoms with E-state index in [0.717, 1.165) is 4.34 Å². The van der Waals surface area contributed by atoms with Crippen LogP contribution in [0.25, 0.3) is 0 Å². The fraction of sp³-hybridized carbons (Fsp3) is 0.286. The standard InChI is InChI=1S/C7H7N3O3S2/c1-3-4(13-7(11)12-3)2-14-6-10-9-5(8)15-6/h2H2,1H3,(H2,8,9). The summed E-state index contributed by atoms with van der Waals surface area (Å²) >= 11 is 2.68. The molecule has 0 saturated heterocycles. The lowest BCUT2D eigenvalue weighted by atomic mass is 10.4. The van der Waals surface area contributed by atoms with Crippen LogP contribution >= 0.6 is 23.1 Å². The molecule has 0 radical (unpaired) electrons. The molecule has 0 amide bonds. The summed E-state index contributed by atoms with van der Waals surface area (Å²) in [6.45, 7) is 1.68. The van der Waals surface area contributed by atoms with Gasteiger partial charge in [0.25, 0.3) is 0 Å². The van der Waals surface area contributed by atoms with Gasteiger partial charge in [-0.2, -0.15) is 0 Å².